The van der Waals surface area contributed by atoms with Crippen molar-refractivity contribution in [2.75, 3.05) is 0 Å². The Morgan fingerprint density at radius 3 is 1.75 bits per heavy atom. The van der Waals surface area contributed by atoms with E-state index in [1.807, 2.05) is 0 Å². The van der Waals surface area contributed by atoms with E-state index in [4.69, 9.17) is 33.2 Å². The maximum Gasteiger partial charge on any atom is 0.320 e. The SMILES string of the molecule is CC[SiH](C)[Si](Cl)(Cl)Cl. The second-order valence-electron chi connectivity index (χ2n) is 1.85. The fourth-order valence-corrected chi connectivity index (χ4v) is 6.25. The summed E-state index contributed by atoms with van der Waals surface area (Å²) in [6.45, 7) is 4.20. The zero-order valence-corrected chi connectivity index (χ0v) is 9.34. The van der Waals surface area contributed by atoms with E-state index >= 15 is 0 Å². The number of hydrogen-bond donors (Lipinski definition) is 0. The molecular weight excluding hydrogens is 199 g/mol. The minimum atomic E-state index is -2.21. The van der Waals surface area contributed by atoms with Crippen molar-refractivity contribution >= 4 is 47.1 Å². The molecule has 0 aromatic carbocycles. The second-order valence-corrected chi connectivity index (χ2v) is 21.5. The van der Waals surface area contributed by atoms with Gasteiger partial charge >= 0.3 is 5.52 Å². The second kappa shape index (κ2) is 3.47. The van der Waals surface area contributed by atoms with Crippen LogP contribution in [0.15, 0.2) is 0 Å². The van der Waals surface area contributed by atoms with Crippen LogP contribution in [0.3, 0.4) is 0 Å². The van der Waals surface area contributed by atoms with E-state index < -0.39 is 13.8 Å². The smallest absolute Gasteiger partial charge is 0.130 e. The summed E-state index contributed by atoms with van der Waals surface area (Å²) in [6.07, 6.45) is 0. The molecular formula is C3H9Cl3Si2. The molecule has 0 aliphatic heterocycles. The number of hydrogen-bond acceptors (Lipinski definition) is 0. The van der Waals surface area contributed by atoms with E-state index in [2.05, 4.69) is 13.5 Å². The average molecular weight is 208 g/mol. The van der Waals surface area contributed by atoms with Crippen LogP contribution in [-0.2, 0) is 0 Å². The maximum atomic E-state index is 5.72. The summed E-state index contributed by atoms with van der Waals surface area (Å²) >= 11 is 17.1. The van der Waals surface area contributed by atoms with Gasteiger partial charge in [-0.2, -0.15) is 0 Å². The Hall–Kier alpha value is 1.30. The predicted molar refractivity (Wildman–Crippen MR) is 46.8 cm³/mol. The van der Waals surface area contributed by atoms with Crippen LogP contribution in [0.2, 0.25) is 12.6 Å². The summed E-state index contributed by atoms with van der Waals surface area (Å²) in [4.78, 5) is 0. The lowest BCUT2D eigenvalue weighted by Gasteiger charge is -2.12. The summed E-state index contributed by atoms with van der Waals surface area (Å²) in [7, 11) is -0.934. The van der Waals surface area contributed by atoms with Crippen molar-refractivity contribution in [3.63, 3.8) is 0 Å². The quantitative estimate of drug-likeness (QED) is 0.482. The predicted octanol–water partition coefficient (Wildman–Crippen LogP) is 2.60. The molecule has 0 aliphatic carbocycles. The Bertz CT molecular complexity index is 69.4. The van der Waals surface area contributed by atoms with Gasteiger partial charge in [-0.3, -0.25) is 0 Å². The van der Waals surface area contributed by atoms with Gasteiger partial charge in [0.1, 0.15) is 0 Å². The first-order valence-electron chi connectivity index (χ1n) is 2.55. The molecule has 0 rings (SSSR count). The van der Waals surface area contributed by atoms with E-state index in [-0.39, 0.29) is 0 Å². The fourth-order valence-electron chi connectivity index (χ4n) is 0.231. The fraction of sp³-hybridized carbons (Fsp3) is 1.00. The van der Waals surface area contributed by atoms with Crippen molar-refractivity contribution in [1.82, 2.24) is 0 Å². The van der Waals surface area contributed by atoms with Crippen LogP contribution in [0.1, 0.15) is 6.92 Å². The third-order valence-corrected chi connectivity index (χ3v) is 18.1. The normalized spacial score (nSPS) is 16.1. The standard InChI is InChI=1S/C3H9Cl3Si2/c1-3-7(2)8(4,5)6/h7H,3H2,1-2H3. The van der Waals surface area contributed by atoms with Crippen LogP contribution in [0.5, 0.6) is 0 Å². The topological polar surface area (TPSA) is 0 Å². The summed E-state index contributed by atoms with van der Waals surface area (Å²) in [5, 5.41) is 0. The van der Waals surface area contributed by atoms with Crippen molar-refractivity contribution in [2.45, 2.75) is 19.5 Å². The molecule has 0 saturated heterocycles. The Morgan fingerprint density at radius 2 is 1.75 bits per heavy atom. The lowest BCUT2D eigenvalue weighted by molar-refractivity contribution is 1.44. The van der Waals surface area contributed by atoms with Crippen LogP contribution in [0, 0.1) is 0 Å². The summed E-state index contributed by atoms with van der Waals surface area (Å²) in [5.41, 5.74) is -2.21. The Labute approximate surface area is 66.6 Å². The van der Waals surface area contributed by atoms with Gasteiger partial charge < -0.3 is 0 Å². The average Bonchev–Trinajstić information content (AvgIpc) is 1.62. The summed E-state index contributed by atoms with van der Waals surface area (Å²) in [6, 6.07) is 1.10. The highest BCUT2D eigenvalue weighted by Crippen LogP contribution is 2.24. The lowest BCUT2D eigenvalue weighted by Crippen LogP contribution is -2.31. The molecule has 0 saturated carbocycles. The Kier molecular flexibility index (Phi) is 4.03. The van der Waals surface area contributed by atoms with Gasteiger partial charge in [0, 0.05) is 0 Å². The molecule has 0 aliphatic rings. The van der Waals surface area contributed by atoms with Crippen molar-refractivity contribution in [3.8, 4) is 0 Å². The molecule has 8 heavy (non-hydrogen) atoms. The molecule has 5 heteroatoms. The minimum absolute atomic E-state index is 0.934. The van der Waals surface area contributed by atoms with E-state index in [9.17, 15) is 0 Å². The molecule has 0 heterocycles. The van der Waals surface area contributed by atoms with E-state index in [0.29, 0.717) is 0 Å². The van der Waals surface area contributed by atoms with Crippen LogP contribution in [-0.4, -0.2) is 13.8 Å². The summed E-state index contributed by atoms with van der Waals surface area (Å²) in [5.74, 6) is 0. The zero-order valence-electron chi connectivity index (χ0n) is 4.92. The van der Waals surface area contributed by atoms with Crippen molar-refractivity contribution in [2.24, 2.45) is 0 Å². The van der Waals surface area contributed by atoms with Gasteiger partial charge in [0.2, 0.25) is 0 Å². The molecule has 0 nitrogen and oxygen atoms in total. The van der Waals surface area contributed by atoms with Gasteiger partial charge in [-0.1, -0.05) is 19.5 Å². The van der Waals surface area contributed by atoms with E-state index in [1.165, 1.54) is 0 Å². The Balaban J connectivity index is 3.62. The number of halogens is 3. The highest BCUT2D eigenvalue weighted by molar-refractivity contribution is 7.85. The Morgan fingerprint density at radius 1 is 1.38 bits per heavy atom. The highest BCUT2D eigenvalue weighted by atomic mass is 35.8. The molecule has 1 atom stereocenters. The lowest BCUT2D eigenvalue weighted by atomic mass is 11.0. The molecule has 0 aromatic heterocycles. The van der Waals surface area contributed by atoms with Gasteiger partial charge in [0.15, 0.2) is 0 Å². The van der Waals surface area contributed by atoms with Crippen LogP contribution in [0.4, 0.5) is 0 Å². The molecule has 50 valence electrons. The van der Waals surface area contributed by atoms with Crippen LogP contribution >= 0.6 is 33.2 Å². The molecule has 0 amide bonds. The van der Waals surface area contributed by atoms with Crippen molar-refractivity contribution < 1.29 is 0 Å². The van der Waals surface area contributed by atoms with Gasteiger partial charge in [-0.05, 0) is 0 Å². The highest BCUT2D eigenvalue weighted by Gasteiger charge is 2.32. The van der Waals surface area contributed by atoms with E-state index in [0.717, 1.165) is 6.04 Å². The minimum Gasteiger partial charge on any atom is -0.130 e. The molecule has 0 fully saturated rings. The van der Waals surface area contributed by atoms with Gasteiger partial charge in [0.25, 0.3) is 0 Å². The van der Waals surface area contributed by atoms with E-state index in [1.54, 1.807) is 0 Å². The summed E-state index contributed by atoms with van der Waals surface area (Å²) < 4.78 is 0. The first-order valence-corrected chi connectivity index (χ1v) is 11.4. The van der Waals surface area contributed by atoms with Gasteiger partial charge in [0.05, 0.1) is 8.31 Å². The van der Waals surface area contributed by atoms with Crippen LogP contribution < -0.4 is 0 Å². The first-order chi connectivity index (χ1) is 3.48. The van der Waals surface area contributed by atoms with Gasteiger partial charge in [-0.25, -0.2) is 0 Å². The van der Waals surface area contributed by atoms with Crippen molar-refractivity contribution in [1.29, 1.82) is 0 Å². The largest absolute Gasteiger partial charge is 0.320 e. The van der Waals surface area contributed by atoms with Gasteiger partial charge in [-0.15, -0.1) is 33.2 Å². The molecule has 0 N–H and O–H groups in total. The molecule has 0 radical (unpaired) electrons. The molecule has 0 spiro atoms. The molecule has 0 aromatic rings. The molecule has 0 bridgehead atoms. The van der Waals surface area contributed by atoms with Crippen molar-refractivity contribution in [3.05, 3.63) is 0 Å². The zero-order chi connectivity index (χ0) is 6.78. The third-order valence-electron chi connectivity index (χ3n) is 1.17. The monoisotopic (exact) mass is 206 g/mol. The third kappa shape index (κ3) is 3.35. The molecule has 1 unspecified atom stereocenters. The maximum absolute atomic E-state index is 5.72. The number of rotatable bonds is 2. The first kappa shape index (κ1) is 9.30. The van der Waals surface area contributed by atoms with Crippen LogP contribution in [0.25, 0.3) is 0 Å².